The van der Waals surface area contributed by atoms with Crippen LogP contribution < -0.4 is 16.6 Å². The van der Waals surface area contributed by atoms with E-state index in [1.54, 1.807) is 25.4 Å². The van der Waals surface area contributed by atoms with E-state index >= 15 is 0 Å². The summed E-state index contributed by atoms with van der Waals surface area (Å²) < 4.78 is 6.26. The molecule has 0 aromatic carbocycles. The predicted molar refractivity (Wildman–Crippen MR) is 68.1 cm³/mol. The molecule has 1 unspecified atom stereocenters. The Hall–Kier alpha value is -1.66. The molecule has 0 bridgehead atoms. The fourth-order valence-electron chi connectivity index (χ4n) is 1.63. The molecule has 0 saturated carbocycles. The SMILES string of the molecule is COCC(C)NC(=O)Cn1cccc(CN)c1=O. The van der Waals surface area contributed by atoms with Crippen LogP contribution >= 0.6 is 0 Å². The summed E-state index contributed by atoms with van der Waals surface area (Å²) in [6.07, 6.45) is 1.57. The van der Waals surface area contributed by atoms with E-state index in [9.17, 15) is 9.59 Å². The Balaban J connectivity index is 2.68. The van der Waals surface area contributed by atoms with Crippen LogP contribution in [0.4, 0.5) is 0 Å². The van der Waals surface area contributed by atoms with E-state index in [0.717, 1.165) is 0 Å². The molecule has 0 radical (unpaired) electrons. The first kappa shape index (κ1) is 14.4. The molecule has 1 amide bonds. The Morgan fingerprint density at radius 2 is 2.33 bits per heavy atom. The number of amides is 1. The first-order chi connectivity index (χ1) is 8.58. The molecule has 6 heteroatoms. The molecule has 1 atom stereocenters. The normalized spacial score (nSPS) is 12.2. The Kier molecular flexibility index (Phi) is 5.54. The summed E-state index contributed by atoms with van der Waals surface area (Å²) in [4.78, 5) is 23.5. The lowest BCUT2D eigenvalue weighted by Crippen LogP contribution is -2.39. The molecule has 0 aliphatic rings. The van der Waals surface area contributed by atoms with Crippen molar-refractivity contribution in [2.24, 2.45) is 5.73 Å². The number of nitrogens with two attached hydrogens (primary N) is 1. The molecule has 1 rings (SSSR count). The molecule has 18 heavy (non-hydrogen) atoms. The number of rotatable bonds is 6. The van der Waals surface area contributed by atoms with E-state index in [1.165, 1.54) is 4.57 Å². The van der Waals surface area contributed by atoms with Crippen molar-refractivity contribution in [2.75, 3.05) is 13.7 Å². The topological polar surface area (TPSA) is 86.3 Å². The Labute approximate surface area is 106 Å². The first-order valence-electron chi connectivity index (χ1n) is 5.75. The van der Waals surface area contributed by atoms with Crippen LogP contribution in [0, 0.1) is 0 Å². The minimum absolute atomic E-state index is 0.0132. The minimum Gasteiger partial charge on any atom is -0.383 e. The molecule has 100 valence electrons. The van der Waals surface area contributed by atoms with Gasteiger partial charge in [-0.3, -0.25) is 9.59 Å². The van der Waals surface area contributed by atoms with Gasteiger partial charge in [0.25, 0.3) is 5.56 Å². The van der Waals surface area contributed by atoms with Crippen LogP contribution in [0.1, 0.15) is 12.5 Å². The molecule has 6 nitrogen and oxygen atoms in total. The van der Waals surface area contributed by atoms with Gasteiger partial charge in [-0.25, -0.2) is 0 Å². The molecule has 1 aromatic heterocycles. The molecule has 1 heterocycles. The van der Waals surface area contributed by atoms with Crippen molar-refractivity contribution in [2.45, 2.75) is 26.1 Å². The number of methoxy groups -OCH3 is 1. The van der Waals surface area contributed by atoms with Crippen LogP contribution in [0.25, 0.3) is 0 Å². The van der Waals surface area contributed by atoms with E-state index in [2.05, 4.69) is 5.32 Å². The van der Waals surface area contributed by atoms with E-state index < -0.39 is 0 Å². The van der Waals surface area contributed by atoms with E-state index in [1.807, 2.05) is 6.92 Å². The van der Waals surface area contributed by atoms with Crippen LogP contribution in [0.2, 0.25) is 0 Å². The van der Waals surface area contributed by atoms with Gasteiger partial charge in [-0.2, -0.15) is 0 Å². The molecular formula is C12H19N3O3. The van der Waals surface area contributed by atoms with Gasteiger partial charge in [-0.05, 0) is 13.0 Å². The number of aromatic nitrogens is 1. The highest BCUT2D eigenvalue weighted by Gasteiger charge is 2.09. The molecule has 1 aromatic rings. The second kappa shape index (κ2) is 6.93. The average molecular weight is 253 g/mol. The number of nitrogens with one attached hydrogen (secondary N) is 1. The molecule has 3 N–H and O–H groups in total. The summed E-state index contributed by atoms with van der Waals surface area (Å²) in [5.74, 6) is -0.226. The largest absolute Gasteiger partial charge is 0.383 e. The zero-order chi connectivity index (χ0) is 13.5. The van der Waals surface area contributed by atoms with Gasteiger partial charge in [0, 0.05) is 31.5 Å². The number of ether oxygens (including phenoxy) is 1. The van der Waals surface area contributed by atoms with Gasteiger partial charge >= 0.3 is 0 Å². The molecule has 0 aliphatic carbocycles. The highest BCUT2D eigenvalue weighted by Crippen LogP contribution is 1.91. The lowest BCUT2D eigenvalue weighted by atomic mass is 10.3. The van der Waals surface area contributed by atoms with Crippen LogP contribution in [0.3, 0.4) is 0 Å². The van der Waals surface area contributed by atoms with Crippen LogP contribution in [-0.4, -0.2) is 30.2 Å². The number of hydrogen-bond acceptors (Lipinski definition) is 4. The third kappa shape index (κ3) is 3.97. The second-order valence-corrected chi connectivity index (χ2v) is 4.09. The van der Waals surface area contributed by atoms with Crippen molar-refractivity contribution < 1.29 is 9.53 Å². The van der Waals surface area contributed by atoms with Crippen molar-refractivity contribution in [3.63, 3.8) is 0 Å². The summed E-state index contributed by atoms with van der Waals surface area (Å²) in [6.45, 7) is 2.42. The predicted octanol–water partition coefficient (Wildman–Crippen LogP) is -0.542. The maximum atomic E-state index is 11.8. The van der Waals surface area contributed by atoms with E-state index in [0.29, 0.717) is 12.2 Å². The van der Waals surface area contributed by atoms with Crippen LogP contribution in [0.15, 0.2) is 23.1 Å². The quantitative estimate of drug-likeness (QED) is 0.713. The van der Waals surface area contributed by atoms with Gasteiger partial charge in [-0.1, -0.05) is 6.07 Å². The summed E-state index contributed by atoms with van der Waals surface area (Å²) in [5, 5.41) is 2.74. The van der Waals surface area contributed by atoms with Gasteiger partial charge in [0.2, 0.25) is 5.91 Å². The molecule has 0 aliphatic heterocycles. The average Bonchev–Trinajstić information content (AvgIpc) is 2.32. The van der Waals surface area contributed by atoms with Crippen LogP contribution in [-0.2, 0) is 22.6 Å². The fourth-order valence-corrected chi connectivity index (χ4v) is 1.63. The zero-order valence-corrected chi connectivity index (χ0v) is 10.7. The van der Waals surface area contributed by atoms with Crippen molar-refractivity contribution in [3.8, 4) is 0 Å². The van der Waals surface area contributed by atoms with Crippen molar-refractivity contribution in [1.29, 1.82) is 0 Å². The van der Waals surface area contributed by atoms with Gasteiger partial charge in [-0.15, -0.1) is 0 Å². The van der Waals surface area contributed by atoms with E-state index in [-0.39, 0.29) is 30.6 Å². The highest BCUT2D eigenvalue weighted by atomic mass is 16.5. The fraction of sp³-hybridized carbons (Fsp3) is 0.500. The van der Waals surface area contributed by atoms with Gasteiger partial charge in [0.1, 0.15) is 6.54 Å². The number of pyridine rings is 1. The lowest BCUT2D eigenvalue weighted by Gasteiger charge is -2.13. The summed E-state index contributed by atoms with van der Waals surface area (Å²) in [7, 11) is 1.57. The van der Waals surface area contributed by atoms with Crippen molar-refractivity contribution in [1.82, 2.24) is 9.88 Å². The van der Waals surface area contributed by atoms with E-state index in [4.69, 9.17) is 10.5 Å². The Morgan fingerprint density at radius 1 is 1.61 bits per heavy atom. The number of carbonyl (C=O) groups excluding carboxylic acids is 1. The summed E-state index contributed by atoms with van der Waals surface area (Å²) in [5.41, 5.74) is 5.71. The molecule has 0 fully saturated rings. The Bertz CT molecular complexity index is 456. The Morgan fingerprint density at radius 3 is 2.94 bits per heavy atom. The molecule has 0 spiro atoms. The van der Waals surface area contributed by atoms with Gasteiger partial charge < -0.3 is 20.4 Å². The highest BCUT2D eigenvalue weighted by molar-refractivity contribution is 5.76. The maximum absolute atomic E-state index is 11.8. The monoisotopic (exact) mass is 253 g/mol. The van der Waals surface area contributed by atoms with Crippen molar-refractivity contribution in [3.05, 3.63) is 34.2 Å². The number of nitrogens with zero attached hydrogens (tertiary/aromatic N) is 1. The van der Waals surface area contributed by atoms with Gasteiger partial charge in [0.15, 0.2) is 0 Å². The van der Waals surface area contributed by atoms with Crippen LogP contribution in [0.5, 0.6) is 0 Å². The summed E-state index contributed by atoms with van der Waals surface area (Å²) >= 11 is 0. The van der Waals surface area contributed by atoms with Gasteiger partial charge in [0.05, 0.1) is 6.61 Å². The number of hydrogen-bond donors (Lipinski definition) is 2. The lowest BCUT2D eigenvalue weighted by molar-refractivity contribution is -0.122. The molecule has 0 saturated heterocycles. The summed E-state index contributed by atoms with van der Waals surface area (Å²) in [6, 6.07) is 3.27. The first-order valence-corrected chi connectivity index (χ1v) is 5.75. The third-order valence-corrected chi connectivity index (χ3v) is 2.46. The zero-order valence-electron chi connectivity index (χ0n) is 10.7. The maximum Gasteiger partial charge on any atom is 0.255 e. The standard InChI is InChI=1S/C12H19N3O3/c1-9(8-18-2)14-11(16)7-15-5-3-4-10(6-13)12(15)17/h3-5,9H,6-8,13H2,1-2H3,(H,14,16). The third-order valence-electron chi connectivity index (χ3n) is 2.46. The smallest absolute Gasteiger partial charge is 0.255 e. The number of carbonyl (C=O) groups is 1. The van der Waals surface area contributed by atoms with Crippen molar-refractivity contribution >= 4 is 5.91 Å². The minimum atomic E-state index is -0.227. The second-order valence-electron chi connectivity index (χ2n) is 4.09. The molecular weight excluding hydrogens is 234 g/mol.